The first kappa shape index (κ1) is 20.7. The van der Waals surface area contributed by atoms with E-state index < -0.39 is 5.60 Å². The van der Waals surface area contributed by atoms with Crippen LogP contribution in [0, 0.1) is 5.92 Å². The van der Waals surface area contributed by atoms with Gasteiger partial charge in [-0.25, -0.2) is 4.79 Å². The molecule has 0 aromatic carbocycles. The van der Waals surface area contributed by atoms with Crippen molar-refractivity contribution in [3.63, 3.8) is 0 Å². The largest absolute Gasteiger partial charge is 0.444 e. The Labute approximate surface area is 146 Å². The van der Waals surface area contributed by atoms with Crippen molar-refractivity contribution in [1.82, 2.24) is 10.2 Å². The molecule has 1 aliphatic rings. The van der Waals surface area contributed by atoms with Crippen molar-refractivity contribution in [2.24, 2.45) is 5.92 Å². The highest BCUT2D eigenvalue weighted by Crippen LogP contribution is 2.19. The minimum atomic E-state index is -0.510. The maximum absolute atomic E-state index is 12.3. The Morgan fingerprint density at radius 2 is 1.92 bits per heavy atom. The molecule has 1 atom stereocenters. The number of rotatable bonds is 8. The van der Waals surface area contributed by atoms with Gasteiger partial charge in [0.2, 0.25) is 5.91 Å². The first-order chi connectivity index (χ1) is 11.3. The van der Waals surface area contributed by atoms with Crippen LogP contribution in [0.15, 0.2) is 0 Å². The SMILES string of the molecule is CCCCOCCCNC(=O)C1CCCN(C(=O)OC(C)(C)C)C1. The summed E-state index contributed by atoms with van der Waals surface area (Å²) in [5.41, 5.74) is -0.510. The minimum absolute atomic E-state index is 0.0248. The summed E-state index contributed by atoms with van der Waals surface area (Å²) in [5, 5.41) is 2.95. The van der Waals surface area contributed by atoms with E-state index in [0.717, 1.165) is 38.7 Å². The molecule has 1 unspecified atom stereocenters. The van der Waals surface area contributed by atoms with Crippen LogP contribution < -0.4 is 5.32 Å². The Hall–Kier alpha value is -1.30. The van der Waals surface area contributed by atoms with E-state index >= 15 is 0 Å². The molecular formula is C18H34N2O4. The number of hydrogen-bond donors (Lipinski definition) is 1. The van der Waals surface area contributed by atoms with Gasteiger partial charge in [-0.15, -0.1) is 0 Å². The van der Waals surface area contributed by atoms with Crippen molar-refractivity contribution in [3.05, 3.63) is 0 Å². The second kappa shape index (κ2) is 10.5. The predicted octanol–water partition coefficient (Wildman–Crippen LogP) is 2.96. The summed E-state index contributed by atoms with van der Waals surface area (Å²) >= 11 is 0. The molecule has 0 bridgehead atoms. The van der Waals surface area contributed by atoms with Gasteiger partial charge in [-0.05, 0) is 46.5 Å². The molecule has 0 spiro atoms. The smallest absolute Gasteiger partial charge is 0.410 e. The van der Waals surface area contributed by atoms with Gasteiger partial charge < -0.3 is 19.7 Å². The lowest BCUT2D eigenvalue weighted by Crippen LogP contribution is -2.47. The minimum Gasteiger partial charge on any atom is -0.444 e. The molecule has 6 nitrogen and oxygen atoms in total. The van der Waals surface area contributed by atoms with E-state index in [0.29, 0.717) is 26.2 Å². The molecule has 6 heteroatoms. The number of nitrogens with zero attached hydrogens (tertiary/aromatic N) is 1. The third-order valence-corrected chi connectivity index (χ3v) is 3.85. The third-order valence-electron chi connectivity index (χ3n) is 3.85. The lowest BCUT2D eigenvalue weighted by atomic mass is 9.97. The Bertz CT molecular complexity index is 393. The molecule has 1 fully saturated rings. The van der Waals surface area contributed by atoms with Crippen LogP contribution in [-0.2, 0) is 14.3 Å². The molecule has 0 radical (unpaired) electrons. The topological polar surface area (TPSA) is 67.9 Å². The van der Waals surface area contributed by atoms with Crippen molar-refractivity contribution >= 4 is 12.0 Å². The number of hydrogen-bond acceptors (Lipinski definition) is 4. The van der Waals surface area contributed by atoms with Gasteiger partial charge in [0, 0.05) is 32.8 Å². The molecule has 1 N–H and O–H groups in total. The molecule has 1 aliphatic heterocycles. The molecule has 24 heavy (non-hydrogen) atoms. The van der Waals surface area contributed by atoms with Crippen LogP contribution in [0.3, 0.4) is 0 Å². The van der Waals surface area contributed by atoms with Gasteiger partial charge >= 0.3 is 6.09 Å². The first-order valence-corrected chi connectivity index (χ1v) is 9.17. The summed E-state index contributed by atoms with van der Waals surface area (Å²) in [4.78, 5) is 26.0. The Morgan fingerprint density at radius 1 is 1.21 bits per heavy atom. The van der Waals surface area contributed by atoms with Gasteiger partial charge in [-0.2, -0.15) is 0 Å². The lowest BCUT2D eigenvalue weighted by molar-refractivity contribution is -0.126. The van der Waals surface area contributed by atoms with E-state index in [1.54, 1.807) is 4.90 Å². The molecular weight excluding hydrogens is 308 g/mol. The maximum Gasteiger partial charge on any atom is 0.410 e. The number of piperidine rings is 1. The van der Waals surface area contributed by atoms with Crippen LogP contribution in [-0.4, -0.2) is 55.3 Å². The molecule has 140 valence electrons. The zero-order valence-corrected chi connectivity index (χ0v) is 15.7. The summed E-state index contributed by atoms with van der Waals surface area (Å²) in [5.74, 6) is -0.121. The normalized spacial score (nSPS) is 18.3. The van der Waals surface area contributed by atoms with Crippen LogP contribution >= 0.6 is 0 Å². The maximum atomic E-state index is 12.3. The standard InChI is InChI=1S/C18H34N2O4/c1-5-6-12-23-13-8-10-19-16(21)15-9-7-11-20(14-15)17(22)24-18(2,3)4/h15H,5-14H2,1-4H3,(H,19,21). The van der Waals surface area contributed by atoms with Gasteiger partial charge in [-0.1, -0.05) is 13.3 Å². The van der Waals surface area contributed by atoms with Gasteiger partial charge in [-0.3, -0.25) is 4.79 Å². The molecule has 0 aromatic heterocycles. The first-order valence-electron chi connectivity index (χ1n) is 9.17. The zero-order chi connectivity index (χ0) is 18.0. The van der Waals surface area contributed by atoms with Crippen molar-refractivity contribution in [3.8, 4) is 0 Å². The average Bonchev–Trinajstić information content (AvgIpc) is 2.52. The Balaban J connectivity index is 2.26. The monoisotopic (exact) mass is 342 g/mol. The highest BCUT2D eigenvalue weighted by Gasteiger charge is 2.30. The highest BCUT2D eigenvalue weighted by atomic mass is 16.6. The van der Waals surface area contributed by atoms with Crippen LogP contribution in [0.2, 0.25) is 0 Å². The number of carbonyl (C=O) groups is 2. The fraction of sp³-hybridized carbons (Fsp3) is 0.889. The summed E-state index contributed by atoms with van der Waals surface area (Å²) in [6.07, 6.45) is 4.35. The van der Waals surface area contributed by atoms with Crippen molar-refractivity contribution < 1.29 is 19.1 Å². The molecule has 1 heterocycles. The molecule has 0 aliphatic carbocycles. The predicted molar refractivity (Wildman–Crippen MR) is 93.9 cm³/mol. The van der Waals surface area contributed by atoms with Crippen molar-refractivity contribution in [2.45, 2.75) is 65.4 Å². The van der Waals surface area contributed by atoms with Crippen LogP contribution in [0.5, 0.6) is 0 Å². The van der Waals surface area contributed by atoms with E-state index in [1.165, 1.54) is 0 Å². The number of nitrogens with one attached hydrogen (secondary N) is 1. The lowest BCUT2D eigenvalue weighted by Gasteiger charge is -2.33. The van der Waals surface area contributed by atoms with E-state index in [1.807, 2.05) is 20.8 Å². The fourth-order valence-corrected chi connectivity index (χ4v) is 2.56. The van der Waals surface area contributed by atoms with E-state index in [4.69, 9.17) is 9.47 Å². The van der Waals surface area contributed by atoms with E-state index in [-0.39, 0.29) is 17.9 Å². The number of likely N-dealkylation sites (tertiary alicyclic amines) is 1. The molecule has 2 amide bonds. The second-order valence-corrected chi connectivity index (χ2v) is 7.38. The molecule has 0 saturated carbocycles. The van der Waals surface area contributed by atoms with Gasteiger partial charge in [0.15, 0.2) is 0 Å². The van der Waals surface area contributed by atoms with Crippen LogP contribution in [0.4, 0.5) is 4.79 Å². The van der Waals surface area contributed by atoms with Crippen molar-refractivity contribution in [2.75, 3.05) is 32.8 Å². The van der Waals surface area contributed by atoms with Gasteiger partial charge in [0.25, 0.3) is 0 Å². The molecule has 1 rings (SSSR count). The van der Waals surface area contributed by atoms with E-state index in [9.17, 15) is 9.59 Å². The third kappa shape index (κ3) is 8.52. The van der Waals surface area contributed by atoms with Crippen LogP contribution in [0.1, 0.15) is 59.8 Å². The summed E-state index contributed by atoms with van der Waals surface area (Å²) < 4.78 is 10.9. The number of carbonyl (C=O) groups excluding carboxylic acids is 2. The van der Waals surface area contributed by atoms with Gasteiger partial charge in [0.1, 0.15) is 5.60 Å². The number of amides is 2. The quantitative estimate of drug-likeness (QED) is 0.689. The molecule has 1 saturated heterocycles. The summed E-state index contributed by atoms with van der Waals surface area (Å²) in [6, 6.07) is 0. The highest BCUT2D eigenvalue weighted by molar-refractivity contribution is 5.80. The summed E-state index contributed by atoms with van der Waals surface area (Å²) in [7, 11) is 0. The number of unbranched alkanes of at least 4 members (excludes halogenated alkanes) is 1. The molecule has 0 aromatic rings. The summed E-state index contributed by atoms with van der Waals surface area (Å²) in [6.45, 7) is 10.9. The zero-order valence-electron chi connectivity index (χ0n) is 15.7. The average molecular weight is 342 g/mol. The van der Waals surface area contributed by atoms with E-state index in [2.05, 4.69) is 12.2 Å². The number of ether oxygens (including phenoxy) is 2. The van der Waals surface area contributed by atoms with Crippen LogP contribution in [0.25, 0.3) is 0 Å². The van der Waals surface area contributed by atoms with Gasteiger partial charge in [0.05, 0.1) is 5.92 Å². The Morgan fingerprint density at radius 3 is 2.58 bits per heavy atom. The van der Waals surface area contributed by atoms with Crippen molar-refractivity contribution in [1.29, 1.82) is 0 Å². The Kier molecular flexibility index (Phi) is 9.11. The second-order valence-electron chi connectivity index (χ2n) is 7.38. The fourth-order valence-electron chi connectivity index (χ4n) is 2.56.